The monoisotopic (exact) mass is 263 g/mol. The van der Waals surface area contributed by atoms with Crippen molar-refractivity contribution in [3.63, 3.8) is 0 Å². The first-order valence-electron chi connectivity index (χ1n) is 6.63. The van der Waals surface area contributed by atoms with Crippen LogP contribution in [0.3, 0.4) is 0 Å². The first-order valence-corrected chi connectivity index (χ1v) is 7.06. The molecule has 0 spiro atoms. The predicted molar refractivity (Wildman–Crippen MR) is 73.9 cm³/mol. The molecule has 0 aromatic carbocycles. The second-order valence-electron chi connectivity index (χ2n) is 5.27. The number of aryl methyl sites for hydroxylation is 2. The van der Waals surface area contributed by atoms with Crippen LogP contribution in [0.4, 0.5) is 0 Å². The number of hydrogen-bond donors (Lipinski definition) is 0. The maximum absolute atomic E-state index is 6.24. The topological polar surface area (TPSA) is 30.7 Å². The molecule has 1 unspecified atom stereocenters. The van der Waals surface area contributed by atoms with Crippen molar-refractivity contribution in [2.75, 3.05) is 0 Å². The Balaban J connectivity index is 2.03. The summed E-state index contributed by atoms with van der Waals surface area (Å²) in [6.45, 7) is 4.98. The molecular weight excluding hydrogens is 246 g/mol. The zero-order chi connectivity index (χ0) is 12.7. The number of hydrogen-bond acceptors (Lipinski definition) is 2. The van der Waals surface area contributed by atoms with Crippen LogP contribution in [0.1, 0.15) is 43.1 Å². The molecule has 96 valence electrons. The van der Waals surface area contributed by atoms with Crippen LogP contribution in [0.25, 0.3) is 11.2 Å². The van der Waals surface area contributed by atoms with E-state index < -0.39 is 0 Å². The lowest BCUT2D eigenvalue weighted by Crippen LogP contribution is -2.06. The maximum atomic E-state index is 6.24. The molecule has 3 rings (SSSR count). The van der Waals surface area contributed by atoms with Gasteiger partial charge in [0, 0.05) is 12.2 Å². The number of pyridine rings is 1. The third-order valence-corrected chi connectivity index (χ3v) is 3.77. The fourth-order valence-corrected chi connectivity index (χ4v) is 2.52. The summed E-state index contributed by atoms with van der Waals surface area (Å²) in [6, 6.07) is 4.04. The SMILES string of the molecule is Cc1ccc2nc(C(C)Cl)n(CCC3CC3)c2n1. The Bertz CT molecular complexity index is 570. The minimum Gasteiger partial charge on any atom is -0.311 e. The molecule has 2 aromatic rings. The van der Waals surface area contributed by atoms with Crippen molar-refractivity contribution in [3.8, 4) is 0 Å². The van der Waals surface area contributed by atoms with Gasteiger partial charge in [-0.2, -0.15) is 0 Å². The van der Waals surface area contributed by atoms with Gasteiger partial charge in [0.1, 0.15) is 11.3 Å². The van der Waals surface area contributed by atoms with Crippen LogP contribution < -0.4 is 0 Å². The highest BCUT2D eigenvalue weighted by Crippen LogP contribution is 2.34. The second-order valence-corrected chi connectivity index (χ2v) is 5.92. The second kappa shape index (κ2) is 4.54. The number of rotatable bonds is 4. The molecule has 1 saturated carbocycles. The largest absolute Gasteiger partial charge is 0.311 e. The van der Waals surface area contributed by atoms with E-state index in [1.54, 1.807) is 0 Å². The Labute approximate surface area is 112 Å². The number of fused-ring (bicyclic) bond motifs is 1. The van der Waals surface area contributed by atoms with Gasteiger partial charge in [0.15, 0.2) is 5.65 Å². The van der Waals surface area contributed by atoms with E-state index in [-0.39, 0.29) is 5.38 Å². The number of aromatic nitrogens is 3. The van der Waals surface area contributed by atoms with Crippen molar-refractivity contribution in [2.24, 2.45) is 5.92 Å². The molecule has 0 saturated heterocycles. The first-order chi connectivity index (χ1) is 8.65. The van der Waals surface area contributed by atoms with Gasteiger partial charge in [-0.3, -0.25) is 0 Å². The molecule has 1 fully saturated rings. The van der Waals surface area contributed by atoms with Gasteiger partial charge in [0.05, 0.1) is 5.38 Å². The zero-order valence-electron chi connectivity index (χ0n) is 10.9. The summed E-state index contributed by atoms with van der Waals surface area (Å²) in [4.78, 5) is 9.24. The van der Waals surface area contributed by atoms with E-state index >= 15 is 0 Å². The Kier molecular flexibility index (Phi) is 3.02. The van der Waals surface area contributed by atoms with Gasteiger partial charge in [-0.15, -0.1) is 11.6 Å². The third kappa shape index (κ3) is 2.24. The van der Waals surface area contributed by atoms with E-state index in [9.17, 15) is 0 Å². The molecule has 0 amide bonds. The smallest absolute Gasteiger partial charge is 0.160 e. The minimum absolute atomic E-state index is 0.0706. The number of halogens is 1. The summed E-state index contributed by atoms with van der Waals surface area (Å²) in [5, 5.41) is -0.0706. The van der Waals surface area contributed by atoms with E-state index in [2.05, 4.69) is 14.5 Å². The zero-order valence-corrected chi connectivity index (χ0v) is 11.6. The summed E-state index contributed by atoms with van der Waals surface area (Å²) in [6.07, 6.45) is 3.98. The van der Waals surface area contributed by atoms with Crippen LogP contribution in [0.2, 0.25) is 0 Å². The molecule has 0 radical (unpaired) electrons. The quantitative estimate of drug-likeness (QED) is 0.785. The molecule has 2 heterocycles. The normalized spacial score (nSPS) is 17.3. The Morgan fingerprint density at radius 3 is 2.83 bits per heavy atom. The number of nitrogens with zero attached hydrogens (tertiary/aromatic N) is 3. The van der Waals surface area contributed by atoms with Crippen LogP contribution in [0.5, 0.6) is 0 Å². The Morgan fingerprint density at radius 1 is 1.39 bits per heavy atom. The standard InChI is InChI=1S/C14H18ClN3/c1-9-3-6-12-14(16-9)18(8-7-11-4-5-11)13(17-12)10(2)15/h3,6,10-11H,4-5,7-8H2,1-2H3. The summed E-state index contributed by atoms with van der Waals surface area (Å²) in [5.74, 6) is 1.86. The minimum atomic E-state index is -0.0706. The highest BCUT2D eigenvalue weighted by Gasteiger charge is 2.23. The van der Waals surface area contributed by atoms with Crippen molar-refractivity contribution in [1.82, 2.24) is 14.5 Å². The molecular formula is C14H18ClN3. The Hall–Kier alpha value is -1.09. The lowest BCUT2D eigenvalue weighted by molar-refractivity contribution is 0.582. The van der Waals surface area contributed by atoms with Gasteiger partial charge in [-0.05, 0) is 38.3 Å². The van der Waals surface area contributed by atoms with E-state index in [1.807, 2.05) is 26.0 Å². The van der Waals surface area contributed by atoms with Crippen LogP contribution >= 0.6 is 11.6 Å². The molecule has 2 aromatic heterocycles. The summed E-state index contributed by atoms with van der Waals surface area (Å²) in [5.41, 5.74) is 2.97. The summed E-state index contributed by atoms with van der Waals surface area (Å²) < 4.78 is 2.21. The molecule has 1 aliphatic carbocycles. The number of alkyl halides is 1. The molecule has 0 bridgehead atoms. The van der Waals surface area contributed by atoms with E-state index in [4.69, 9.17) is 11.6 Å². The highest BCUT2D eigenvalue weighted by atomic mass is 35.5. The summed E-state index contributed by atoms with van der Waals surface area (Å²) >= 11 is 6.24. The molecule has 3 nitrogen and oxygen atoms in total. The fourth-order valence-electron chi connectivity index (χ4n) is 2.36. The molecule has 18 heavy (non-hydrogen) atoms. The van der Waals surface area contributed by atoms with Crippen molar-refractivity contribution < 1.29 is 0 Å². The van der Waals surface area contributed by atoms with Gasteiger partial charge in [-0.25, -0.2) is 9.97 Å². The van der Waals surface area contributed by atoms with E-state index in [1.165, 1.54) is 19.3 Å². The Morgan fingerprint density at radius 2 is 2.17 bits per heavy atom. The van der Waals surface area contributed by atoms with Crippen LogP contribution in [0, 0.1) is 12.8 Å². The maximum Gasteiger partial charge on any atom is 0.160 e. The van der Waals surface area contributed by atoms with Crippen molar-refractivity contribution in [1.29, 1.82) is 0 Å². The van der Waals surface area contributed by atoms with Gasteiger partial charge >= 0.3 is 0 Å². The average molecular weight is 264 g/mol. The molecule has 4 heteroatoms. The average Bonchev–Trinajstić information content (AvgIpc) is 3.08. The van der Waals surface area contributed by atoms with Crippen molar-refractivity contribution >= 4 is 22.8 Å². The summed E-state index contributed by atoms with van der Waals surface area (Å²) in [7, 11) is 0. The van der Waals surface area contributed by atoms with Gasteiger partial charge in [0.2, 0.25) is 0 Å². The molecule has 1 atom stereocenters. The van der Waals surface area contributed by atoms with Crippen LogP contribution in [-0.2, 0) is 6.54 Å². The van der Waals surface area contributed by atoms with Crippen LogP contribution in [0.15, 0.2) is 12.1 Å². The molecule has 1 aliphatic rings. The van der Waals surface area contributed by atoms with Gasteiger partial charge < -0.3 is 4.57 Å². The lowest BCUT2D eigenvalue weighted by atomic mass is 10.3. The van der Waals surface area contributed by atoms with E-state index in [0.717, 1.165) is 35.1 Å². The van der Waals surface area contributed by atoms with Gasteiger partial charge in [0.25, 0.3) is 0 Å². The highest BCUT2D eigenvalue weighted by molar-refractivity contribution is 6.20. The lowest BCUT2D eigenvalue weighted by Gasteiger charge is -2.09. The molecule has 0 N–H and O–H groups in total. The first kappa shape index (κ1) is 12.0. The molecule has 0 aliphatic heterocycles. The van der Waals surface area contributed by atoms with Gasteiger partial charge in [-0.1, -0.05) is 12.8 Å². The van der Waals surface area contributed by atoms with E-state index in [0.29, 0.717) is 0 Å². The van der Waals surface area contributed by atoms with Crippen LogP contribution in [-0.4, -0.2) is 14.5 Å². The predicted octanol–water partition coefficient (Wildman–Crippen LogP) is 3.84. The third-order valence-electron chi connectivity index (χ3n) is 3.57. The fraction of sp³-hybridized carbons (Fsp3) is 0.571. The van der Waals surface area contributed by atoms with Crippen molar-refractivity contribution in [2.45, 2.75) is 45.0 Å². The number of imidazole rings is 1. The van der Waals surface area contributed by atoms with Crippen molar-refractivity contribution in [3.05, 3.63) is 23.7 Å².